The number of halogens is 1. The van der Waals surface area contributed by atoms with Crippen LogP contribution in [0.15, 0.2) is 42.5 Å². The van der Waals surface area contributed by atoms with Gasteiger partial charge in [0.2, 0.25) is 0 Å². The van der Waals surface area contributed by atoms with Crippen LogP contribution in [0.3, 0.4) is 0 Å². The predicted octanol–water partition coefficient (Wildman–Crippen LogP) is 4.16. The number of amides is 1. The van der Waals surface area contributed by atoms with Crippen molar-refractivity contribution < 1.29 is 14.3 Å². The number of nitrogens with one attached hydrogen (secondary N) is 3. The fourth-order valence-electron chi connectivity index (χ4n) is 2.13. The molecular formula is C19H22ClN3O3S. The molecule has 2 aromatic rings. The van der Waals surface area contributed by atoms with Crippen LogP contribution in [-0.2, 0) is 0 Å². The first-order chi connectivity index (χ1) is 13.0. The molecule has 0 aliphatic heterocycles. The van der Waals surface area contributed by atoms with Crippen molar-refractivity contribution in [3.05, 3.63) is 53.1 Å². The molecule has 27 heavy (non-hydrogen) atoms. The van der Waals surface area contributed by atoms with Crippen molar-refractivity contribution in [1.29, 1.82) is 0 Å². The van der Waals surface area contributed by atoms with Gasteiger partial charge in [-0.25, -0.2) is 0 Å². The zero-order chi connectivity index (χ0) is 19.6. The maximum Gasteiger partial charge on any atom is 0.269 e. The maximum absolute atomic E-state index is 12.4. The third-order valence-corrected chi connectivity index (χ3v) is 3.82. The average Bonchev–Trinajstić information content (AvgIpc) is 2.67. The topological polar surface area (TPSA) is 71.6 Å². The summed E-state index contributed by atoms with van der Waals surface area (Å²) in [4.78, 5) is 12.4. The molecule has 2 rings (SSSR count). The van der Waals surface area contributed by atoms with E-state index >= 15 is 0 Å². The minimum absolute atomic E-state index is 0.249. The second-order valence-electron chi connectivity index (χ2n) is 5.48. The summed E-state index contributed by atoms with van der Waals surface area (Å²) in [5, 5.41) is 3.82. The summed E-state index contributed by atoms with van der Waals surface area (Å²) in [7, 11) is 0. The lowest BCUT2D eigenvalue weighted by Crippen LogP contribution is -2.43. The predicted molar refractivity (Wildman–Crippen MR) is 112 cm³/mol. The van der Waals surface area contributed by atoms with Crippen molar-refractivity contribution >= 4 is 40.5 Å². The largest absolute Gasteiger partial charge is 0.490 e. The van der Waals surface area contributed by atoms with Gasteiger partial charge in [0.25, 0.3) is 5.91 Å². The first-order valence-corrected chi connectivity index (χ1v) is 9.34. The van der Waals surface area contributed by atoms with Crippen LogP contribution >= 0.6 is 23.8 Å². The Morgan fingerprint density at radius 1 is 1.04 bits per heavy atom. The smallest absolute Gasteiger partial charge is 0.269 e. The molecule has 0 aromatic heterocycles. The van der Waals surface area contributed by atoms with E-state index in [1.165, 1.54) is 0 Å². The van der Waals surface area contributed by atoms with Crippen LogP contribution in [0.5, 0.6) is 11.5 Å². The number of thiocarbonyl (C=S) groups is 1. The van der Waals surface area contributed by atoms with Gasteiger partial charge in [-0.1, -0.05) is 18.5 Å². The Balaban J connectivity index is 1.95. The number of hydrazine groups is 1. The summed E-state index contributed by atoms with van der Waals surface area (Å²) < 4.78 is 11.2. The van der Waals surface area contributed by atoms with Gasteiger partial charge in [0.05, 0.1) is 13.2 Å². The van der Waals surface area contributed by atoms with E-state index in [2.05, 4.69) is 16.2 Å². The van der Waals surface area contributed by atoms with Crippen molar-refractivity contribution in [2.24, 2.45) is 0 Å². The number of hydrogen-bond acceptors (Lipinski definition) is 4. The summed E-state index contributed by atoms with van der Waals surface area (Å²) in [6.45, 7) is 4.95. The SMILES string of the molecule is CCCOc1ccc(C(=O)NNC(=S)Nc2ccc(Cl)cc2)cc1OCC. The summed E-state index contributed by atoms with van der Waals surface area (Å²) in [5.41, 5.74) is 6.38. The monoisotopic (exact) mass is 407 g/mol. The molecule has 0 atom stereocenters. The Labute approximate surface area is 169 Å². The molecule has 6 nitrogen and oxygen atoms in total. The van der Waals surface area contributed by atoms with E-state index in [4.69, 9.17) is 33.3 Å². The molecule has 0 saturated carbocycles. The maximum atomic E-state index is 12.4. The van der Waals surface area contributed by atoms with E-state index in [0.717, 1.165) is 12.1 Å². The van der Waals surface area contributed by atoms with Gasteiger partial charge < -0.3 is 14.8 Å². The van der Waals surface area contributed by atoms with Crippen molar-refractivity contribution in [3.63, 3.8) is 0 Å². The summed E-state index contributed by atoms with van der Waals surface area (Å²) in [6.07, 6.45) is 0.885. The Morgan fingerprint density at radius 2 is 1.78 bits per heavy atom. The summed E-state index contributed by atoms with van der Waals surface area (Å²) in [5.74, 6) is 0.793. The first-order valence-electron chi connectivity index (χ1n) is 8.56. The van der Waals surface area contributed by atoms with Gasteiger partial charge in [0, 0.05) is 16.3 Å². The highest BCUT2D eigenvalue weighted by atomic mass is 35.5. The molecule has 2 aromatic carbocycles. The van der Waals surface area contributed by atoms with E-state index in [9.17, 15) is 4.79 Å². The highest BCUT2D eigenvalue weighted by Gasteiger charge is 2.12. The molecule has 0 bridgehead atoms. The van der Waals surface area contributed by atoms with E-state index < -0.39 is 0 Å². The Hall–Kier alpha value is -2.51. The molecule has 8 heteroatoms. The minimum atomic E-state index is -0.349. The molecule has 144 valence electrons. The Bertz CT molecular complexity index is 784. The van der Waals surface area contributed by atoms with Crippen molar-refractivity contribution in [2.75, 3.05) is 18.5 Å². The molecule has 0 fully saturated rings. The van der Waals surface area contributed by atoms with Gasteiger partial charge in [0.15, 0.2) is 16.6 Å². The van der Waals surface area contributed by atoms with Crippen LogP contribution in [0.25, 0.3) is 0 Å². The summed E-state index contributed by atoms with van der Waals surface area (Å²) >= 11 is 11.0. The van der Waals surface area contributed by atoms with Crippen LogP contribution < -0.4 is 25.6 Å². The van der Waals surface area contributed by atoms with E-state index in [0.29, 0.717) is 35.3 Å². The lowest BCUT2D eigenvalue weighted by atomic mass is 10.2. The molecule has 1 amide bonds. The lowest BCUT2D eigenvalue weighted by molar-refractivity contribution is 0.0943. The highest BCUT2D eigenvalue weighted by molar-refractivity contribution is 7.80. The zero-order valence-corrected chi connectivity index (χ0v) is 16.7. The fourth-order valence-corrected chi connectivity index (χ4v) is 2.43. The van der Waals surface area contributed by atoms with E-state index in [-0.39, 0.29) is 11.0 Å². The third kappa shape index (κ3) is 6.62. The van der Waals surface area contributed by atoms with Crippen LogP contribution in [-0.4, -0.2) is 24.2 Å². The number of hydrogen-bond donors (Lipinski definition) is 3. The van der Waals surface area contributed by atoms with Crippen molar-refractivity contribution in [3.8, 4) is 11.5 Å². The van der Waals surface area contributed by atoms with E-state index in [1.807, 2.05) is 13.8 Å². The molecular weight excluding hydrogens is 386 g/mol. The number of anilines is 1. The van der Waals surface area contributed by atoms with Crippen LogP contribution in [0, 0.1) is 0 Å². The quantitative estimate of drug-likeness (QED) is 0.473. The zero-order valence-electron chi connectivity index (χ0n) is 15.2. The van der Waals surface area contributed by atoms with Crippen molar-refractivity contribution in [1.82, 2.24) is 10.9 Å². The molecule has 0 heterocycles. The van der Waals surface area contributed by atoms with Gasteiger partial charge in [-0.15, -0.1) is 0 Å². The Morgan fingerprint density at radius 3 is 2.44 bits per heavy atom. The average molecular weight is 408 g/mol. The number of carbonyl (C=O) groups is 1. The standard InChI is InChI=1S/C19H22ClN3O3S/c1-3-11-26-16-10-5-13(12-17(16)25-4-2)18(24)22-23-19(27)21-15-8-6-14(20)7-9-15/h5-10,12H,3-4,11H2,1-2H3,(H,22,24)(H2,21,23,27). The molecule has 0 saturated heterocycles. The van der Waals surface area contributed by atoms with Gasteiger partial charge >= 0.3 is 0 Å². The highest BCUT2D eigenvalue weighted by Crippen LogP contribution is 2.28. The normalized spacial score (nSPS) is 10.0. The van der Waals surface area contributed by atoms with Gasteiger partial charge in [0.1, 0.15) is 0 Å². The lowest BCUT2D eigenvalue weighted by Gasteiger charge is -2.14. The number of benzene rings is 2. The van der Waals surface area contributed by atoms with Crippen LogP contribution in [0.2, 0.25) is 5.02 Å². The van der Waals surface area contributed by atoms with Crippen molar-refractivity contribution in [2.45, 2.75) is 20.3 Å². The molecule has 0 aliphatic rings. The van der Waals surface area contributed by atoms with Gasteiger partial charge in [-0.3, -0.25) is 15.6 Å². The van der Waals surface area contributed by atoms with Gasteiger partial charge in [-0.2, -0.15) is 0 Å². The molecule has 3 N–H and O–H groups in total. The third-order valence-electron chi connectivity index (χ3n) is 3.36. The Kier molecular flexibility index (Phi) is 8.16. The van der Waals surface area contributed by atoms with E-state index in [1.54, 1.807) is 42.5 Å². The van der Waals surface area contributed by atoms with Crippen LogP contribution in [0.1, 0.15) is 30.6 Å². The molecule has 0 unspecified atom stereocenters. The fraction of sp³-hybridized carbons (Fsp3) is 0.263. The first kappa shape index (κ1) is 20.8. The molecule has 0 spiro atoms. The second-order valence-corrected chi connectivity index (χ2v) is 6.33. The number of ether oxygens (including phenoxy) is 2. The number of rotatable bonds is 7. The van der Waals surface area contributed by atoms with Gasteiger partial charge in [-0.05, 0) is 68.0 Å². The van der Waals surface area contributed by atoms with Crippen LogP contribution in [0.4, 0.5) is 5.69 Å². The molecule has 0 aliphatic carbocycles. The number of carbonyl (C=O) groups excluding carboxylic acids is 1. The second kappa shape index (κ2) is 10.6. The summed E-state index contributed by atoms with van der Waals surface area (Å²) in [6, 6.07) is 12.1. The molecule has 0 radical (unpaired) electrons. The minimum Gasteiger partial charge on any atom is -0.490 e.